The number of aromatic hydroxyl groups is 1. The maximum atomic E-state index is 15.1. The van der Waals surface area contributed by atoms with Gasteiger partial charge in [-0.15, -0.1) is 0 Å². The van der Waals surface area contributed by atoms with Crippen LogP contribution in [0.1, 0.15) is 30.9 Å². The number of phenolic OH excluding ortho intramolecular Hbond substituents is 1. The zero-order valence-corrected chi connectivity index (χ0v) is 18.3. The number of hydrogen-bond acceptors (Lipinski definition) is 3. The van der Waals surface area contributed by atoms with Crippen LogP contribution in [0, 0.1) is 29.1 Å². The van der Waals surface area contributed by atoms with E-state index in [9.17, 15) is 40.2 Å². The lowest BCUT2D eigenvalue weighted by molar-refractivity contribution is -0.189. The second-order valence-electron chi connectivity index (χ2n) is 7.57. The maximum Gasteiger partial charge on any atom is 0.432 e. The summed E-state index contributed by atoms with van der Waals surface area (Å²) >= 11 is 0. The molecule has 0 saturated heterocycles. The van der Waals surface area contributed by atoms with Crippen molar-refractivity contribution in [3.63, 3.8) is 0 Å². The highest BCUT2D eigenvalue weighted by molar-refractivity contribution is 5.73. The predicted molar refractivity (Wildman–Crippen MR) is 110 cm³/mol. The molecule has 3 nitrogen and oxygen atoms in total. The third-order valence-corrected chi connectivity index (χ3v) is 5.04. The second-order valence-corrected chi connectivity index (χ2v) is 7.57. The van der Waals surface area contributed by atoms with Gasteiger partial charge in [-0.1, -0.05) is 25.5 Å². The van der Waals surface area contributed by atoms with Gasteiger partial charge in [0, 0.05) is 23.8 Å². The number of halogens is 9. The SMILES string of the molecule is CCCCc1ccc(-c2c(O)cc(F)c(C(F)(F)Oc3cc(F)c(OC(F)F)c(F)c3)c2F)c(F)c1. The van der Waals surface area contributed by atoms with Crippen molar-refractivity contribution in [3.05, 3.63) is 76.6 Å². The van der Waals surface area contributed by atoms with E-state index in [0.29, 0.717) is 18.4 Å². The van der Waals surface area contributed by atoms with Crippen LogP contribution in [0.15, 0.2) is 36.4 Å². The average Bonchev–Trinajstić information content (AvgIpc) is 2.75. The van der Waals surface area contributed by atoms with Gasteiger partial charge in [-0.3, -0.25) is 0 Å². The van der Waals surface area contributed by atoms with Crippen molar-refractivity contribution in [2.24, 2.45) is 0 Å². The van der Waals surface area contributed by atoms with Crippen molar-refractivity contribution >= 4 is 0 Å². The normalized spacial score (nSPS) is 11.8. The Labute approximate surface area is 198 Å². The lowest BCUT2D eigenvalue weighted by Crippen LogP contribution is -2.26. The van der Waals surface area contributed by atoms with Crippen molar-refractivity contribution in [1.29, 1.82) is 0 Å². The third-order valence-electron chi connectivity index (χ3n) is 5.04. The fourth-order valence-corrected chi connectivity index (χ4v) is 3.42. The van der Waals surface area contributed by atoms with Crippen molar-refractivity contribution in [2.75, 3.05) is 0 Å². The first-order valence-corrected chi connectivity index (χ1v) is 10.4. The van der Waals surface area contributed by atoms with Crippen molar-refractivity contribution in [3.8, 4) is 28.4 Å². The molecule has 0 fully saturated rings. The largest absolute Gasteiger partial charge is 0.507 e. The van der Waals surface area contributed by atoms with Gasteiger partial charge in [-0.25, -0.2) is 22.0 Å². The summed E-state index contributed by atoms with van der Waals surface area (Å²) in [6.45, 7) is -1.74. The summed E-state index contributed by atoms with van der Waals surface area (Å²) in [5.74, 6) is -13.1. The van der Waals surface area contributed by atoms with E-state index in [0.717, 1.165) is 18.6 Å². The quantitative estimate of drug-likeness (QED) is 0.290. The van der Waals surface area contributed by atoms with E-state index in [1.165, 1.54) is 6.07 Å². The van der Waals surface area contributed by atoms with E-state index in [2.05, 4.69) is 9.47 Å². The first kappa shape index (κ1) is 27.0. The van der Waals surface area contributed by atoms with E-state index < -0.39 is 75.7 Å². The molecule has 3 rings (SSSR count). The van der Waals surface area contributed by atoms with E-state index in [1.54, 1.807) is 0 Å². The molecule has 0 spiro atoms. The summed E-state index contributed by atoms with van der Waals surface area (Å²) in [5.41, 5.74) is -3.35. The number of rotatable bonds is 9. The monoisotopic (exact) mass is 524 g/mol. The molecular weight excluding hydrogens is 507 g/mol. The Morgan fingerprint density at radius 1 is 0.889 bits per heavy atom. The highest BCUT2D eigenvalue weighted by atomic mass is 19.3. The van der Waals surface area contributed by atoms with E-state index >= 15 is 4.39 Å². The van der Waals surface area contributed by atoms with Crippen molar-refractivity contribution in [1.82, 2.24) is 0 Å². The zero-order valence-electron chi connectivity index (χ0n) is 18.3. The van der Waals surface area contributed by atoms with Crippen LogP contribution in [0.5, 0.6) is 17.2 Å². The Morgan fingerprint density at radius 2 is 1.53 bits per heavy atom. The van der Waals surface area contributed by atoms with Gasteiger partial charge in [0.05, 0.1) is 5.56 Å². The van der Waals surface area contributed by atoms with Gasteiger partial charge in [0.2, 0.25) is 0 Å². The predicted octanol–water partition coefficient (Wildman–Crippen LogP) is 7.83. The average molecular weight is 524 g/mol. The molecule has 194 valence electrons. The molecule has 0 radical (unpaired) electrons. The molecule has 0 aliphatic heterocycles. The van der Waals surface area contributed by atoms with E-state index in [4.69, 9.17) is 0 Å². The summed E-state index contributed by atoms with van der Waals surface area (Å²) in [6, 6.07) is 3.55. The van der Waals surface area contributed by atoms with E-state index in [1.807, 2.05) is 6.92 Å². The summed E-state index contributed by atoms with van der Waals surface area (Å²) in [4.78, 5) is 0. The topological polar surface area (TPSA) is 38.7 Å². The van der Waals surface area contributed by atoms with Crippen LogP contribution in [0.25, 0.3) is 11.1 Å². The van der Waals surface area contributed by atoms with Gasteiger partial charge in [0.1, 0.15) is 28.7 Å². The van der Waals surface area contributed by atoms with Crippen LogP contribution < -0.4 is 9.47 Å². The minimum atomic E-state index is -4.96. The number of hydrogen-bond donors (Lipinski definition) is 1. The second kappa shape index (κ2) is 10.6. The summed E-state index contributed by atoms with van der Waals surface area (Å²) in [7, 11) is 0. The minimum Gasteiger partial charge on any atom is -0.507 e. The molecule has 0 atom stereocenters. The molecule has 0 saturated carbocycles. The lowest BCUT2D eigenvalue weighted by Gasteiger charge is -2.21. The number of benzene rings is 3. The molecule has 0 unspecified atom stereocenters. The first-order chi connectivity index (χ1) is 16.9. The van der Waals surface area contributed by atoms with Crippen molar-refractivity contribution < 1.29 is 54.1 Å². The van der Waals surface area contributed by atoms with Crippen LogP contribution >= 0.6 is 0 Å². The summed E-state index contributed by atoms with van der Waals surface area (Å²) in [5, 5.41) is 10.0. The summed E-state index contributed by atoms with van der Waals surface area (Å²) in [6.07, 6.45) is -2.99. The Morgan fingerprint density at radius 3 is 2.08 bits per heavy atom. The molecule has 1 N–H and O–H groups in total. The van der Waals surface area contributed by atoms with Crippen molar-refractivity contribution in [2.45, 2.75) is 38.9 Å². The molecule has 0 heterocycles. The lowest BCUT2D eigenvalue weighted by atomic mass is 9.97. The molecule has 12 heteroatoms. The number of alkyl halides is 4. The highest BCUT2D eigenvalue weighted by Gasteiger charge is 2.43. The van der Waals surface area contributed by atoms with E-state index in [-0.39, 0.29) is 18.2 Å². The minimum absolute atomic E-state index is 0.0283. The molecule has 0 amide bonds. The number of unbranched alkanes of at least 4 members (excludes halogenated alkanes) is 1. The fourth-order valence-electron chi connectivity index (χ4n) is 3.42. The Balaban J connectivity index is 2.04. The maximum absolute atomic E-state index is 15.1. The smallest absolute Gasteiger partial charge is 0.432 e. The molecular formula is C24H17F9O3. The van der Waals surface area contributed by atoms with Gasteiger partial charge in [-0.05, 0) is 24.5 Å². The van der Waals surface area contributed by atoms with Gasteiger partial charge in [-0.2, -0.15) is 17.6 Å². The Bertz CT molecular complexity index is 1240. The van der Waals surface area contributed by atoms with Crippen LogP contribution in [-0.2, 0) is 12.5 Å². The molecule has 36 heavy (non-hydrogen) atoms. The van der Waals surface area contributed by atoms with Gasteiger partial charge in [0.15, 0.2) is 23.2 Å². The molecule has 3 aromatic rings. The number of aryl methyl sites for hydroxylation is 1. The van der Waals surface area contributed by atoms with Crippen LogP contribution in [0.4, 0.5) is 39.5 Å². The molecule has 0 bridgehead atoms. The highest BCUT2D eigenvalue weighted by Crippen LogP contribution is 2.43. The molecule has 3 aromatic carbocycles. The molecule has 0 aromatic heterocycles. The standard InChI is InChI=1S/C24H17F9O3/c1-2-3-4-11-5-6-13(14(25)7-11)19-18(34)10-15(26)20(21(19)29)24(32,33)36-12-8-16(27)22(17(28)9-12)35-23(30)31/h5-10,23,34H,2-4H2,1H3. The van der Waals surface area contributed by atoms with Gasteiger partial charge >= 0.3 is 12.7 Å². The Hall–Kier alpha value is -3.57. The number of phenols is 1. The van der Waals surface area contributed by atoms with Gasteiger partial charge < -0.3 is 14.6 Å². The molecule has 0 aliphatic rings. The first-order valence-electron chi connectivity index (χ1n) is 10.4. The third kappa shape index (κ3) is 5.63. The van der Waals surface area contributed by atoms with Crippen LogP contribution in [0.2, 0.25) is 0 Å². The fraction of sp³-hybridized carbons (Fsp3) is 0.250. The zero-order chi connectivity index (χ0) is 26.8. The van der Waals surface area contributed by atoms with Crippen LogP contribution in [-0.4, -0.2) is 11.7 Å². The van der Waals surface area contributed by atoms with Crippen LogP contribution in [0.3, 0.4) is 0 Å². The number of ether oxygens (including phenoxy) is 2. The Kier molecular flexibility index (Phi) is 7.95. The molecule has 0 aliphatic carbocycles. The summed E-state index contributed by atoms with van der Waals surface area (Å²) < 4.78 is 134. The van der Waals surface area contributed by atoms with Gasteiger partial charge in [0.25, 0.3) is 0 Å².